The van der Waals surface area contributed by atoms with Gasteiger partial charge in [-0.3, -0.25) is 9.59 Å². The topological polar surface area (TPSA) is 72.6 Å². The summed E-state index contributed by atoms with van der Waals surface area (Å²) in [5, 5.41) is 0. The molecule has 5 nitrogen and oxygen atoms in total. The summed E-state index contributed by atoms with van der Waals surface area (Å²) in [5.74, 6) is -0.360. The van der Waals surface area contributed by atoms with Crippen molar-refractivity contribution in [1.29, 1.82) is 0 Å². The lowest BCUT2D eigenvalue weighted by atomic mass is 10.0. The molecule has 0 spiro atoms. The van der Waals surface area contributed by atoms with Gasteiger partial charge in [-0.2, -0.15) is 0 Å². The molecule has 100 valence electrons. The first-order valence-electron chi connectivity index (χ1n) is 5.92. The molecule has 0 unspecified atom stereocenters. The zero-order valence-corrected chi connectivity index (χ0v) is 11.4. The van der Waals surface area contributed by atoms with Crippen LogP contribution in [0.1, 0.15) is 34.6 Å². The van der Waals surface area contributed by atoms with Crippen molar-refractivity contribution in [2.45, 2.75) is 40.2 Å². The Kier molecular flexibility index (Phi) is 6.16. The maximum absolute atomic E-state index is 12.0. The van der Waals surface area contributed by atoms with Crippen LogP contribution in [0.2, 0.25) is 0 Å². The lowest BCUT2D eigenvalue weighted by Crippen LogP contribution is -2.53. The van der Waals surface area contributed by atoms with Crippen molar-refractivity contribution in [3.8, 4) is 0 Å². The first kappa shape index (κ1) is 15.9. The average Bonchev–Trinajstić information content (AvgIpc) is 2.13. The van der Waals surface area contributed by atoms with E-state index in [1.54, 1.807) is 20.8 Å². The highest BCUT2D eigenvalue weighted by Gasteiger charge is 2.29. The minimum Gasteiger partial charge on any atom is -0.465 e. The van der Waals surface area contributed by atoms with Crippen LogP contribution in [0.3, 0.4) is 0 Å². The summed E-state index contributed by atoms with van der Waals surface area (Å²) >= 11 is 0. The van der Waals surface area contributed by atoms with Crippen molar-refractivity contribution >= 4 is 11.9 Å². The molecule has 0 aromatic heterocycles. The third-order valence-electron chi connectivity index (χ3n) is 2.05. The number of carbonyl (C=O) groups excluding carboxylic acids is 2. The molecule has 0 rings (SSSR count). The Bertz CT molecular complexity index is 269. The zero-order valence-electron chi connectivity index (χ0n) is 11.4. The van der Waals surface area contributed by atoms with Crippen LogP contribution in [0, 0.1) is 5.92 Å². The molecule has 0 aliphatic rings. The van der Waals surface area contributed by atoms with Gasteiger partial charge in [-0.25, -0.2) is 0 Å². The fraction of sp³-hybridized carbons (Fsp3) is 0.833. The number of hydrogen-bond acceptors (Lipinski definition) is 4. The summed E-state index contributed by atoms with van der Waals surface area (Å²) in [5.41, 5.74) is 4.79. The number of rotatable bonds is 6. The van der Waals surface area contributed by atoms with Crippen molar-refractivity contribution in [3.63, 3.8) is 0 Å². The lowest BCUT2D eigenvalue weighted by molar-refractivity contribution is -0.150. The van der Waals surface area contributed by atoms with Crippen LogP contribution >= 0.6 is 0 Å². The lowest BCUT2D eigenvalue weighted by Gasteiger charge is -2.29. The highest BCUT2D eigenvalue weighted by atomic mass is 16.5. The molecular weight excluding hydrogens is 220 g/mol. The molecule has 0 saturated carbocycles. The SMILES string of the molecule is CCOC(=O)CN(CC(C)C)C(=O)C(C)(C)N. The van der Waals surface area contributed by atoms with E-state index < -0.39 is 11.5 Å². The van der Waals surface area contributed by atoms with Crippen LogP contribution in [-0.2, 0) is 14.3 Å². The first-order chi connectivity index (χ1) is 7.68. The van der Waals surface area contributed by atoms with Crippen molar-refractivity contribution in [2.24, 2.45) is 11.7 Å². The van der Waals surface area contributed by atoms with Gasteiger partial charge in [0.05, 0.1) is 12.1 Å². The van der Waals surface area contributed by atoms with Gasteiger partial charge in [-0.05, 0) is 26.7 Å². The van der Waals surface area contributed by atoms with E-state index in [0.717, 1.165) is 0 Å². The molecule has 0 atom stereocenters. The molecule has 5 heteroatoms. The standard InChI is InChI=1S/C12H24N2O3/c1-6-17-10(15)8-14(7-9(2)3)11(16)12(4,5)13/h9H,6-8,13H2,1-5H3. The molecule has 0 heterocycles. The Morgan fingerprint density at radius 2 is 1.88 bits per heavy atom. The number of carbonyl (C=O) groups is 2. The molecule has 1 amide bonds. The second-order valence-electron chi connectivity index (χ2n) is 5.11. The largest absolute Gasteiger partial charge is 0.465 e. The molecule has 0 saturated heterocycles. The molecule has 17 heavy (non-hydrogen) atoms. The predicted molar refractivity (Wildman–Crippen MR) is 66.3 cm³/mol. The van der Waals surface area contributed by atoms with Gasteiger partial charge in [0, 0.05) is 6.54 Å². The van der Waals surface area contributed by atoms with E-state index in [0.29, 0.717) is 13.2 Å². The third-order valence-corrected chi connectivity index (χ3v) is 2.05. The minimum atomic E-state index is -0.971. The smallest absolute Gasteiger partial charge is 0.325 e. The van der Waals surface area contributed by atoms with E-state index in [2.05, 4.69) is 0 Å². The van der Waals surface area contributed by atoms with Crippen LogP contribution in [0.25, 0.3) is 0 Å². The van der Waals surface area contributed by atoms with Crippen molar-refractivity contribution in [1.82, 2.24) is 4.90 Å². The predicted octanol–water partition coefficient (Wildman–Crippen LogP) is 0.771. The molecule has 0 bridgehead atoms. The van der Waals surface area contributed by atoms with Crippen LogP contribution in [0.4, 0.5) is 0 Å². The molecule has 0 aromatic rings. The molecule has 0 aliphatic carbocycles. The van der Waals surface area contributed by atoms with E-state index >= 15 is 0 Å². The normalized spacial score (nSPS) is 11.5. The third kappa shape index (κ3) is 6.26. The summed E-state index contributed by atoms with van der Waals surface area (Å²) in [6.07, 6.45) is 0. The van der Waals surface area contributed by atoms with E-state index in [1.807, 2.05) is 13.8 Å². The van der Waals surface area contributed by atoms with Crippen molar-refractivity contribution in [3.05, 3.63) is 0 Å². The van der Waals surface area contributed by atoms with Gasteiger partial charge in [-0.1, -0.05) is 13.8 Å². The molecule has 0 aliphatic heterocycles. The van der Waals surface area contributed by atoms with Crippen LogP contribution < -0.4 is 5.73 Å². The van der Waals surface area contributed by atoms with Crippen LogP contribution in [-0.4, -0.2) is 42.0 Å². The molecule has 0 aromatic carbocycles. The summed E-state index contributed by atoms with van der Waals surface area (Å²) in [7, 11) is 0. The Morgan fingerprint density at radius 1 is 1.35 bits per heavy atom. The van der Waals surface area contributed by atoms with Crippen molar-refractivity contribution in [2.75, 3.05) is 19.7 Å². The summed E-state index contributed by atoms with van der Waals surface area (Å²) < 4.78 is 4.84. The van der Waals surface area contributed by atoms with E-state index in [1.165, 1.54) is 4.90 Å². The van der Waals surface area contributed by atoms with Gasteiger partial charge in [-0.15, -0.1) is 0 Å². The fourth-order valence-electron chi connectivity index (χ4n) is 1.43. The first-order valence-corrected chi connectivity index (χ1v) is 5.92. The second-order valence-corrected chi connectivity index (χ2v) is 5.11. The van der Waals surface area contributed by atoms with Crippen molar-refractivity contribution < 1.29 is 14.3 Å². The van der Waals surface area contributed by atoms with Gasteiger partial charge in [0.15, 0.2) is 0 Å². The zero-order chi connectivity index (χ0) is 13.6. The van der Waals surface area contributed by atoms with Gasteiger partial charge in [0.2, 0.25) is 5.91 Å². The summed E-state index contributed by atoms with van der Waals surface area (Å²) in [4.78, 5) is 24.9. The van der Waals surface area contributed by atoms with Gasteiger partial charge in [0.25, 0.3) is 0 Å². The van der Waals surface area contributed by atoms with Gasteiger partial charge in [0.1, 0.15) is 6.54 Å². The Hall–Kier alpha value is -1.10. The van der Waals surface area contributed by atoms with Gasteiger partial charge >= 0.3 is 5.97 Å². The number of nitrogens with two attached hydrogens (primary N) is 1. The quantitative estimate of drug-likeness (QED) is 0.700. The highest BCUT2D eigenvalue weighted by Crippen LogP contribution is 2.08. The number of esters is 1. The highest BCUT2D eigenvalue weighted by molar-refractivity contribution is 5.88. The fourth-order valence-corrected chi connectivity index (χ4v) is 1.43. The Morgan fingerprint density at radius 3 is 2.24 bits per heavy atom. The Balaban J connectivity index is 4.65. The maximum Gasteiger partial charge on any atom is 0.325 e. The number of ether oxygens (including phenoxy) is 1. The maximum atomic E-state index is 12.0. The Labute approximate surface area is 103 Å². The number of nitrogens with zero attached hydrogens (tertiary/aromatic N) is 1. The molecule has 0 fully saturated rings. The summed E-state index contributed by atoms with van der Waals surface area (Å²) in [6, 6.07) is 0. The molecular formula is C12H24N2O3. The summed E-state index contributed by atoms with van der Waals surface area (Å²) in [6.45, 7) is 9.74. The molecule has 2 N–H and O–H groups in total. The average molecular weight is 244 g/mol. The number of hydrogen-bond donors (Lipinski definition) is 1. The second kappa shape index (κ2) is 6.59. The van der Waals surface area contributed by atoms with Crippen LogP contribution in [0.5, 0.6) is 0 Å². The van der Waals surface area contributed by atoms with E-state index in [-0.39, 0.29) is 18.4 Å². The number of amides is 1. The van der Waals surface area contributed by atoms with E-state index in [4.69, 9.17) is 10.5 Å². The van der Waals surface area contributed by atoms with E-state index in [9.17, 15) is 9.59 Å². The minimum absolute atomic E-state index is 0.0362. The molecule has 0 radical (unpaired) electrons. The van der Waals surface area contributed by atoms with Gasteiger partial charge < -0.3 is 15.4 Å². The monoisotopic (exact) mass is 244 g/mol. The van der Waals surface area contributed by atoms with Crippen LogP contribution in [0.15, 0.2) is 0 Å².